The Bertz CT molecular complexity index is 1170. The Morgan fingerprint density at radius 1 is 1.33 bits per heavy atom. The van der Waals surface area contributed by atoms with Crippen molar-refractivity contribution in [1.29, 1.82) is 0 Å². The Balaban J connectivity index is 1.69. The number of benzene rings is 1. The van der Waals surface area contributed by atoms with Crippen LogP contribution in [0.5, 0.6) is 5.75 Å². The molecule has 0 fully saturated rings. The molecule has 0 amide bonds. The molecular weight excluding hydrogens is 362 g/mol. The fourth-order valence-corrected chi connectivity index (χ4v) is 3.47. The fourth-order valence-electron chi connectivity index (χ4n) is 2.59. The Morgan fingerprint density at radius 3 is 3.07 bits per heavy atom. The third-order valence-corrected chi connectivity index (χ3v) is 4.71. The van der Waals surface area contributed by atoms with Crippen LogP contribution in [0.3, 0.4) is 0 Å². The summed E-state index contributed by atoms with van der Waals surface area (Å²) in [6.07, 6.45) is 6.27. The molecule has 27 heavy (non-hydrogen) atoms. The number of aromatic nitrogens is 2. The third kappa shape index (κ3) is 3.45. The van der Waals surface area contributed by atoms with Gasteiger partial charge in [-0.25, -0.2) is 4.98 Å². The molecule has 0 radical (unpaired) electrons. The van der Waals surface area contributed by atoms with Crippen LogP contribution in [0.1, 0.15) is 5.56 Å². The van der Waals surface area contributed by atoms with Gasteiger partial charge in [-0.15, -0.1) is 11.3 Å². The molecule has 0 N–H and O–H groups in total. The van der Waals surface area contributed by atoms with Gasteiger partial charge in [0.25, 0.3) is 5.56 Å². The van der Waals surface area contributed by atoms with Gasteiger partial charge in [-0.2, -0.15) is 9.78 Å². The molecule has 6 nitrogen and oxygen atoms in total. The van der Waals surface area contributed by atoms with Crippen molar-refractivity contribution in [1.82, 2.24) is 9.66 Å². The number of ether oxygens (including phenoxy) is 1. The van der Waals surface area contributed by atoms with E-state index in [4.69, 9.17) is 9.15 Å². The van der Waals surface area contributed by atoms with Crippen LogP contribution in [0, 0.1) is 0 Å². The lowest BCUT2D eigenvalue weighted by molar-refractivity contribution is 0.363. The van der Waals surface area contributed by atoms with Crippen molar-refractivity contribution in [3.63, 3.8) is 0 Å². The minimum Gasteiger partial charge on any atom is -0.490 e. The zero-order valence-corrected chi connectivity index (χ0v) is 15.1. The van der Waals surface area contributed by atoms with E-state index in [9.17, 15) is 4.79 Å². The van der Waals surface area contributed by atoms with Crippen LogP contribution in [-0.2, 0) is 0 Å². The molecule has 4 aromatic rings. The van der Waals surface area contributed by atoms with Gasteiger partial charge in [0, 0.05) is 10.9 Å². The lowest BCUT2D eigenvalue weighted by atomic mass is 10.2. The Labute approximate surface area is 158 Å². The predicted octanol–water partition coefficient (Wildman–Crippen LogP) is 4.17. The summed E-state index contributed by atoms with van der Waals surface area (Å²) < 4.78 is 12.2. The number of hydrogen-bond donors (Lipinski definition) is 0. The van der Waals surface area contributed by atoms with Crippen molar-refractivity contribution in [3.05, 3.63) is 82.9 Å². The van der Waals surface area contributed by atoms with E-state index in [0.29, 0.717) is 28.3 Å². The van der Waals surface area contributed by atoms with E-state index in [2.05, 4.69) is 16.7 Å². The molecule has 1 aromatic carbocycles. The van der Waals surface area contributed by atoms with Crippen LogP contribution < -0.4 is 10.3 Å². The topological polar surface area (TPSA) is 69.6 Å². The monoisotopic (exact) mass is 377 g/mol. The summed E-state index contributed by atoms with van der Waals surface area (Å²) in [5.74, 6) is 1.34. The predicted molar refractivity (Wildman–Crippen MR) is 107 cm³/mol. The number of hydrogen-bond acceptors (Lipinski definition) is 6. The maximum atomic E-state index is 12.9. The van der Waals surface area contributed by atoms with Crippen molar-refractivity contribution >= 4 is 27.8 Å². The van der Waals surface area contributed by atoms with E-state index >= 15 is 0 Å². The van der Waals surface area contributed by atoms with Crippen LogP contribution in [0.15, 0.2) is 81.3 Å². The first-order chi connectivity index (χ1) is 13.3. The minimum atomic E-state index is -0.247. The van der Waals surface area contributed by atoms with Crippen molar-refractivity contribution in [3.8, 4) is 17.1 Å². The number of thiophene rings is 1. The highest BCUT2D eigenvalue weighted by Gasteiger charge is 2.14. The number of nitrogens with zero attached hydrogens (tertiary/aromatic N) is 3. The largest absolute Gasteiger partial charge is 0.490 e. The quantitative estimate of drug-likeness (QED) is 0.374. The summed E-state index contributed by atoms with van der Waals surface area (Å²) in [5.41, 5.74) is 1.28. The minimum absolute atomic E-state index is 0.247. The second-order valence-corrected chi connectivity index (χ2v) is 6.48. The Morgan fingerprint density at radius 2 is 2.26 bits per heavy atom. The second kappa shape index (κ2) is 7.43. The second-order valence-electron chi connectivity index (χ2n) is 5.62. The van der Waals surface area contributed by atoms with E-state index in [1.807, 2.05) is 35.7 Å². The summed E-state index contributed by atoms with van der Waals surface area (Å²) in [4.78, 5) is 17.9. The Hall–Kier alpha value is -3.45. The zero-order valence-electron chi connectivity index (χ0n) is 14.2. The number of rotatable bonds is 6. The normalized spacial score (nSPS) is 11.3. The van der Waals surface area contributed by atoms with E-state index in [-0.39, 0.29) is 5.56 Å². The van der Waals surface area contributed by atoms with Gasteiger partial charge in [0.2, 0.25) is 0 Å². The van der Waals surface area contributed by atoms with Gasteiger partial charge in [-0.3, -0.25) is 4.79 Å². The summed E-state index contributed by atoms with van der Waals surface area (Å²) in [6.45, 7) is 4.05. The average molecular weight is 377 g/mol. The third-order valence-electron chi connectivity index (χ3n) is 3.82. The average Bonchev–Trinajstić information content (AvgIpc) is 3.36. The van der Waals surface area contributed by atoms with Gasteiger partial charge in [0.05, 0.1) is 17.9 Å². The van der Waals surface area contributed by atoms with Crippen LogP contribution in [-0.4, -0.2) is 22.5 Å². The van der Waals surface area contributed by atoms with Gasteiger partial charge in [-0.05, 0) is 29.8 Å². The summed E-state index contributed by atoms with van der Waals surface area (Å²) in [5, 5.41) is 6.63. The van der Waals surface area contributed by atoms with Gasteiger partial charge >= 0.3 is 0 Å². The number of furan rings is 1. The van der Waals surface area contributed by atoms with Crippen LogP contribution in [0.25, 0.3) is 21.5 Å². The smallest absolute Gasteiger partial charge is 0.283 e. The summed E-state index contributed by atoms with van der Waals surface area (Å²) >= 11 is 1.40. The van der Waals surface area contributed by atoms with E-state index in [1.165, 1.54) is 22.3 Å². The van der Waals surface area contributed by atoms with Crippen molar-refractivity contribution in [2.45, 2.75) is 0 Å². The highest BCUT2D eigenvalue weighted by atomic mass is 32.1. The first-order valence-corrected chi connectivity index (χ1v) is 9.05. The van der Waals surface area contributed by atoms with E-state index < -0.39 is 0 Å². The summed E-state index contributed by atoms with van der Waals surface area (Å²) in [7, 11) is 0. The SMILES string of the molecule is C=CCOc1cccc(/C=N\n2cnc3scc(-c4ccco4)c3c2=O)c1. The van der Waals surface area contributed by atoms with Crippen molar-refractivity contribution in [2.75, 3.05) is 6.61 Å². The molecule has 7 heteroatoms. The summed E-state index contributed by atoms with van der Waals surface area (Å²) in [6, 6.07) is 11.0. The molecule has 0 bridgehead atoms. The van der Waals surface area contributed by atoms with Crippen molar-refractivity contribution in [2.24, 2.45) is 5.10 Å². The van der Waals surface area contributed by atoms with E-state index in [0.717, 1.165) is 11.1 Å². The molecule has 4 rings (SSSR count). The maximum absolute atomic E-state index is 12.9. The molecule has 0 unspecified atom stereocenters. The molecule has 0 aliphatic heterocycles. The van der Waals surface area contributed by atoms with Crippen molar-refractivity contribution < 1.29 is 9.15 Å². The number of fused-ring (bicyclic) bond motifs is 1. The van der Waals surface area contributed by atoms with E-state index in [1.54, 1.807) is 24.6 Å². The van der Waals surface area contributed by atoms with Gasteiger partial charge in [0.15, 0.2) is 0 Å². The molecule has 0 saturated heterocycles. The molecule has 134 valence electrons. The molecule has 0 aliphatic carbocycles. The van der Waals surface area contributed by atoms with Crippen LogP contribution in [0.4, 0.5) is 0 Å². The molecule has 3 aromatic heterocycles. The standard InChI is InChI=1S/C20H15N3O3S/c1-2-8-25-15-6-3-5-14(10-15)11-22-23-13-21-19-18(20(23)24)16(12-27-19)17-7-4-9-26-17/h2-7,9-13H,1,8H2/b22-11-. The molecule has 0 saturated carbocycles. The maximum Gasteiger partial charge on any atom is 0.283 e. The van der Waals surface area contributed by atoms with Crippen LogP contribution in [0.2, 0.25) is 0 Å². The fraction of sp³-hybridized carbons (Fsp3) is 0.0500. The highest BCUT2D eigenvalue weighted by Crippen LogP contribution is 2.30. The van der Waals surface area contributed by atoms with Crippen LogP contribution >= 0.6 is 11.3 Å². The van der Waals surface area contributed by atoms with Gasteiger partial charge in [-0.1, -0.05) is 24.8 Å². The molecule has 0 spiro atoms. The van der Waals surface area contributed by atoms with Gasteiger partial charge in [0.1, 0.15) is 29.3 Å². The molecule has 3 heterocycles. The van der Waals surface area contributed by atoms with Gasteiger partial charge < -0.3 is 9.15 Å². The molecule has 0 aliphatic rings. The highest BCUT2D eigenvalue weighted by molar-refractivity contribution is 7.17. The lowest BCUT2D eigenvalue weighted by Gasteiger charge is -2.03. The first-order valence-electron chi connectivity index (χ1n) is 8.17. The first kappa shape index (κ1) is 17.0. The lowest BCUT2D eigenvalue weighted by Crippen LogP contribution is -2.16. The molecule has 0 atom stereocenters. The Kier molecular flexibility index (Phi) is 4.67. The zero-order chi connectivity index (χ0) is 18.6. The molecular formula is C20H15N3O3S.